The summed E-state index contributed by atoms with van der Waals surface area (Å²) in [4.78, 5) is 0. The number of nitrogens with zero attached hydrogens (tertiary/aromatic N) is 2. The van der Waals surface area contributed by atoms with E-state index < -0.39 is 0 Å². The molecule has 2 N–H and O–H groups in total. The maximum atomic E-state index is 4.37. The van der Waals surface area contributed by atoms with E-state index in [1.54, 1.807) is 0 Å². The Balaban J connectivity index is 2.21. The van der Waals surface area contributed by atoms with Crippen molar-refractivity contribution in [3.8, 4) is 0 Å². The van der Waals surface area contributed by atoms with Gasteiger partial charge in [-0.25, -0.2) is 0 Å². The summed E-state index contributed by atoms with van der Waals surface area (Å²) in [6, 6.07) is 12.3. The monoisotopic (exact) mass is 296 g/mol. The van der Waals surface area contributed by atoms with E-state index >= 15 is 0 Å². The fraction of sp³-hybridized carbons (Fsp3) is 0.333. The van der Waals surface area contributed by atoms with Crippen molar-refractivity contribution in [2.45, 2.75) is 26.9 Å². The van der Waals surface area contributed by atoms with Crippen LogP contribution in [0.1, 0.15) is 22.3 Å². The molecule has 0 unspecified atom stereocenters. The molecule has 0 fully saturated rings. The molecule has 0 aliphatic rings. The van der Waals surface area contributed by atoms with Crippen LogP contribution in [0.5, 0.6) is 0 Å². The Bertz CT molecular complexity index is 605. The third-order valence-corrected chi connectivity index (χ3v) is 3.68. The van der Waals surface area contributed by atoms with Crippen molar-refractivity contribution in [3.05, 3.63) is 58.7 Å². The van der Waals surface area contributed by atoms with E-state index in [1.807, 2.05) is 26.2 Å². The number of benzene rings is 2. The van der Waals surface area contributed by atoms with Crippen molar-refractivity contribution >= 4 is 11.4 Å². The van der Waals surface area contributed by atoms with Gasteiger partial charge in [-0.1, -0.05) is 12.1 Å². The summed E-state index contributed by atoms with van der Waals surface area (Å²) in [5.41, 5.74) is 6.79. The first-order chi connectivity index (χ1) is 10.6. The van der Waals surface area contributed by atoms with Gasteiger partial charge in [-0.15, -0.1) is 0 Å². The van der Waals surface area contributed by atoms with Crippen molar-refractivity contribution in [2.75, 3.05) is 14.1 Å². The number of hydrogen-bond acceptors (Lipinski definition) is 4. The van der Waals surface area contributed by atoms with Crippen LogP contribution in [0.25, 0.3) is 0 Å². The fourth-order valence-electron chi connectivity index (χ4n) is 2.32. The molecule has 0 amide bonds. The summed E-state index contributed by atoms with van der Waals surface area (Å²) in [6.45, 7) is 5.90. The molecule has 4 nitrogen and oxygen atoms in total. The first kappa shape index (κ1) is 16.3. The van der Waals surface area contributed by atoms with Gasteiger partial charge in [-0.2, -0.15) is 10.2 Å². The molecule has 0 aliphatic carbocycles. The van der Waals surface area contributed by atoms with Crippen molar-refractivity contribution in [3.63, 3.8) is 0 Å². The van der Waals surface area contributed by atoms with Crippen LogP contribution in [0.2, 0.25) is 0 Å². The average Bonchev–Trinajstić information content (AvgIpc) is 2.51. The first-order valence-electron chi connectivity index (χ1n) is 7.54. The summed E-state index contributed by atoms with van der Waals surface area (Å²) in [7, 11) is 3.90. The zero-order valence-electron chi connectivity index (χ0n) is 13.8. The third-order valence-electron chi connectivity index (χ3n) is 3.68. The lowest BCUT2D eigenvalue weighted by Crippen LogP contribution is -2.06. The molecule has 0 spiro atoms. The number of rotatable bonds is 6. The lowest BCUT2D eigenvalue weighted by Gasteiger charge is -2.06. The average molecular weight is 296 g/mol. The van der Waals surface area contributed by atoms with Crippen LogP contribution >= 0.6 is 0 Å². The lowest BCUT2D eigenvalue weighted by atomic mass is 10.1. The fourth-order valence-corrected chi connectivity index (χ4v) is 2.32. The van der Waals surface area contributed by atoms with Crippen LogP contribution in [0.3, 0.4) is 0 Å². The topological polar surface area (TPSA) is 48.8 Å². The van der Waals surface area contributed by atoms with Gasteiger partial charge in [0.05, 0.1) is 11.4 Å². The molecule has 4 heteroatoms. The Labute approximate surface area is 132 Å². The van der Waals surface area contributed by atoms with E-state index in [-0.39, 0.29) is 0 Å². The SMILES string of the molecule is CNCc1cc(N=Nc2ccc(C)c(CNC)c2)ccc1C. The number of hydrogen-bond donors (Lipinski definition) is 2. The molecular weight excluding hydrogens is 272 g/mol. The highest BCUT2D eigenvalue weighted by molar-refractivity contribution is 5.46. The van der Waals surface area contributed by atoms with Crippen LogP contribution < -0.4 is 10.6 Å². The van der Waals surface area contributed by atoms with Crippen molar-refractivity contribution in [1.29, 1.82) is 0 Å². The van der Waals surface area contributed by atoms with Crippen LogP contribution in [-0.4, -0.2) is 14.1 Å². The van der Waals surface area contributed by atoms with E-state index in [0.29, 0.717) is 0 Å². The van der Waals surface area contributed by atoms with Crippen LogP contribution in [0.15, 0.2) is 46.6 Å². The van der Waals surface area contributed by atoms with Crippen LogP contribution in [0, 0.1) is 13.8 Å². The molecule has 0 radical (unpaired) electrons. The minimum absolute atomic E-state index is 0.839. The van der Waals surface area contributed by atoms with Crippen LogP contribution in [-0.2, 0) is 13.1 Å². The minimum Gasteiger partial charge on any atom is -0.316 e. The van der Waals surface area contributed by atoms with E-state index in [1.165, 1.54) is 22.3 Å². The predicted molar refractivity (Wildman–Crippen MR) is 92.1 cm³/mol. The van der Waals surface area contributed by atoms with Crippen molar-refractivity contribution in [2.24, 2.45) is 10.2 Å². The zero-order chi connectivity index (χ0) is 15.9. The normalized spacial score (nSPS) is 11.3. The third kappa shape index (κ3) is 4.23. The van der Waals surface area contributed by atoms with Gasteiger partial charge in [0.2, 0.25) is 0 Å². The molecule has 2 aromatic rings. The second-order valence-electron chi connectivity index (χ2n) is 5.48. The molecule has 0 saturated heterocycles. The Hall–Kier alpha value is -2.04. The van der Waals surface area contributed by atoms with Crippen molar-refractivity contribution in [1.82, 2.24) is 10.6 Å². The van der Waals surface area contributed by atoms with E-state index in [9.17, 15) is 0 Å². The summed E-state index contributed by atoms with van der Waals surface area (Å²) in [6.07, 6.45) is 0. The van der Waals surface area contributed by atoms with Gasteiger partial charge in [0, 0.05) is 13.1 Å². The smallest absolute Gasteiger partial charge is 0.0860 e. The predicted octanol–water partition coefficient (Wildman–Crippen LogP) is 4.16. The number of aryl methyl sites for hydroxylation is 2. The highest BCUT2D eigenvalue weighted by Crippen LogP contribution is 2.23. The van der Waals surface area contributed by atoms with Gasteiger partial charge in [0.15, 0.2) is 0 Å². The molecule has 2 rings (SSSR count). The summed E-state index contributed by atoms with van der Waals surface area (Å²) >= 11 is 0. The maximum absolute atomic E-state index is 4.37. The zero-order valence-corrected chi connectivity index (χ0v) is 13.8. The highest BCUT2D eigenvalue weighted by Gasteiger charge is 2.01. The van der Waals surface area contributed by atoms with Gasteiger partial charge < -0.3 is 10.6 Å². The van der Waals surface area contributed by atoms with Crippen molar-refractivity contribution < 1.29 is 0 Å². The Morgan fingerprint density at radius 1 is 0.727 bits per heavy atom. The largest absolute Gasteiger partial charge is 0.316 e. The minimum atomic E-state index is 0.839. The first-order valence-corrected chi connectivity index (χ1v) is 7.54. The molecule has 116 valence electrons. The summed E-state index contributed by atoms with van der Waals surface area (Å²) in [5, 5.41) is 15.1. The summed E-state index contributed by atoms with van der Waals surface area (Å²) in [5.74, 6) is 0. The van der Waals surface area contributed by atoms with Crippen LogP contribution in [0.4, 0.5) is 11.4 Å². The van der Waals surface area contributed by atoms with Gasteiger partial charge in [-0.05, 0) is 74.5 Å². The van der Waals surface area contributed by atoms with Gasteiger partial charge in [0.1, 0.15) is 0 Å². The molecule has 0 aromatic heterocycles. The van der Waals surface area contributed by atoms with E-state index in [4.69, 9.17) is 0 Å². The Morgan fingerprint density at radius 3 is 1.50 bits per heavy atom. The van der Waals surface area contributed by atoms with E-state index in [0.717, 1.165) is 24.5 Å². The molecule has 0 heterocycles. The number of nitrogens with one attached hydrogen (secondary N) is 2. The molecule has 0 bridgehead atoms. The quantitative estimate of drug-likeness (QED) is 0.786. The van der Waals surface area contributed by atoms with Gasteiger partial charge in [0.25, 0.3) is 0 Å². The summed E-state index contributed by atoms with van der Waals surface area (Å²) < 4.78 is 0. The molecular formula is C18H24N4. The number of azo groups is 1. The molecule has 0 atom stereocenters. The van der Waals surface area contributed by atoms with E-state index in [2.05, 4.69) is 59.0 Å². The van der Waals surface area contributed by atoms with Gasteiger partial charge in [-0.3, -0.25) is 0 Å². The second kappa shape index (κ2) is 7.82. The highest BCUT2D eigenvalue weighted by atomic mass is 15.1. The molecule has 0 saturated carbocycles. The Morgan fingerprint density at radius 2 is 1.14 bits per heavy atom. The second-order valence-corrected chi connectivity index (χ2v) is 5.48. The molecule has 22 heavy (non-hydrogen) atoms. The maximum Gasteiger partial charge on any atom is 0.0860 e. The Kier molecular flexibility index (Phi) is 5.81. The lowest BCUT2D eigenvalue weighted by molar-refractivity contribution is 0.811. The standard InChI is InChI=1S/C18H24N4/c1-13-5-7-17(9-15(13)11-19-3)21-22-18-8-6-14(2)16(10-18)12-20-4/h5-10,19-20H,11-12H2,1-4H3. The molecule has 0 aliphatic heterocycles. The molecule has 2 aromatic carbocycles. The van der Waals surface area contributed by atoms with Gasteiger partial charge >= 0.3 is 0 Å².